The van der Waals surface area contributed by atoms with Crippen LogP contribution in [0.3, 0.4) is 0 Å². The molecule has 0 bridgehead atoms. The smallest absolute Gasteiger partial charge is 0.266 e. The average molecular weight is 321 g/mol. The summed E-state index contributed by atoms with van der Waals surface area (Å²) in [5, 5.41) is 0. The van der Waals surface area contributed by atoms with Crippen LogP contribution in [0, 0.1) is 6.92 Å². The van der Waals surface area contributed by atoms with E-state index < -0.39 is 0 Å². The summed E-state index contributed by atoms with van der Waals surface area (Å²) in [5.74, 6) is 0.678. The average Bonchev–Trinajstić information content (AvgIpc) is 3.10. The fourth-order valence-corrected chi connectivity index (χ4v) is 4.00. The number of thiocarbonyl (C=S) groups is 1. The maximum atomic E-state index is 12.4. The summed E-state index contributed by atoms with van der Waals surface area (Å²) in [6.45, 7) is 2.43. The monoisotopic (exact) mass is 321 g/mol. The summed E-state index contributed by atoms with van der Waals surface area (Å²) in [4.78, 5) is 16.9. The van der Waals surface area contributed by atoms with Gasteiger partial charge in [-0.15, -0.1) is 11.3 Å². The Balaban J connectivity index is 1.81. The number of thioether (sulfide) groups is 1. The van der Waals surface area contributed by atoms with E-state index in [0.717, 1.165) is 10.6 Å². The minimum atomic E-state index is -0.0533. The van der Waals surface area contributed by atoms with E-state index in [-0.39, 0.29) is 5.91 Å². The second kappa shape index (κ2) is 5.55. The Bertz CT molecular complexity index is 685. The predicted octanol–water partition coefficient (Wildman–Crippen LogP) is 4.05. The highest BCUT2D eigenvalue weighted by molar-refractivity contribution is 8.26. The largest absolute Gasteiger partial charge is 0.467 e. The first-order valence-corrected chi connectivity index (χ1v) is 8.02. The molecule has 2 aromatic heterocycles. The number of hydrogen-bond acceptors (Lipinski definition) is 5. The molecular weight excluding hydrogens is 310 g/mol. The van der Waals surface area contributed by atoms with E-state index in [0.29, 0.717) is 15.8 Å². The van der Waals surface area contributed by atoms with Crippen molar-refractivity contribution in [1.82, 2.24) is 4.90 Å². The van der Waals surface area contributed by atoms with Gasteiger partial charge in [0.25, 0.3) is 5.91 Å². The van der Waals surface area contributed by atoms with Crippen LogP contribution in [0.25, 0.3) is 6.08 Å². The molecule has 1 aliphatic rings. The molecule has 0 atom stereocenters. The number of rotatable bonds is 3. The molecule has 0 aromatic carbocycles. The number of carbonyl (C=O) groups excluding carboxylic acids is 1. The zero-order valence-electron chi connectivity index (χ0n) is 10.7. The molecule has 0 radical (unpaired) electrons. The lowest BCUT2D eigenvalue weighted by Crippen LogP contribution is -2.27. The van der Waals surface area contributed by atoms with Gasteiger partial charge in [0.1, 0.15) is 10.1 Å². The third-order valence-electron chi connectivity index (χ3n) is 2.80. The van der Waals surface area contributed by atoms with E-state index in [2.05, 4.69) is 0 Å². The minimum Gasteiger partial charge on any atom is -0.467 e. The van der Waals surface area contributed by atoms with Crippen LogP contribution in [0.4, 0.5) is 0 Å². The highest BCUT2D eigenvalue weighted by Gasteiger charge is 2.32. The van der Waals surface area contributed by atoms with Gasteiger partial charge in [-0.3, -0.25) is 9.69 Å². The van der Waals surface area contributed by atoms with E-state index in [1.807, 2.05) is 31.2 Å². The summed E-state index contributed by atoms with van der Waals surface area (Å²) in [5.41, 5.74) is 0. The Hall–Kier alpha value is -1.37. The maximum absolute atomic E-state index is 12.4. The SMILES string of the molecule is Cc1ccc(/C=C2\SC(=S)N(Cc3ccco3)C2=O)s1. The summed E-state index contributed by atoms with van der Waals surface area (Å²) < 4.78 is 5.84. The van der Waals surface area contributed by atoms with Crippen molar-refractivity contribution in [2.45, 2.75) is 13.5 Å². The summed E-state index contributed by atoms with van der Waals surface area (Å²) >= 11 is 8.28. The fraction of sp³-hybridized carbons (Fsp3) is 0.143. The third-order valence-corrected chi connectivity index (χ3v) is 5.13. The van der Waals surface area contributed by atoms with E-state index >= 15 is 0 Å². The first kappa shape index (κ1) is 13.6. The topological polar surface area (TPSA) is 33.5 Å². The standard InChI is InChI=1S/C14H11NO2S3/c1-9-4-5-11(19-9)7-12-13(16)15(14(18)20-12)8-10-3-2-6-17-10/h2-7H,8H2,1H3/b12-7-. The first-order valence-electron chi connectivity index (χ1n) is 5.97. The zero-order valence-corrected chi connectivity index (χ0v) is 13.1. The molecule has 3 nitrogen and oxygen atoms in total. The second-order valence-corrected chi connectivity index (χ2v) is 7.29. The minimum absolute atomic E-state index is 0.0533. The Labute approximate surface area is 130 Å². The summed E-state index contributed by atoms with van der Waals surface area (Å²) in [7, 11) is 0. The van der Waals surface area contributed by atoms with Crippen LogP contribution < -0.4 is 0 Å². The van der Waals surface area contributed by atoms with Crippen molar-refractivity contribution in [3.63, 3.8) is 0 Å². The lowest BCUT2D eigenvalue weighted by Gasteiger charge is -2.11. The summed E-state index contributed by atoms with van der Waals surface area (Å²) in [6, 6.07) is 7.70. The van der Waals surface area contributed by atoms with Crippen molar-refractivity contribution in [2.24, 2.45) is 0 Å². The number of aryl methyl sites for hydroxylation is 1. The molecule has 0 unspecified atom stereocenters. The number of nitrogens with zero attached hydrogens (tertiary/aromatic N) is 1. The second-order valence-electron chi connectivity index (χ2n) is 4.30. The van der Waals surface area contributed by atoms with Gasteiger partial charge in [-0.05, 0) is 37.3 Å². The molecular formula is C14H11NO2S3. The van der Waals surface area contributed by atoms with Gasteiger partial charge in [0.05, 0.1) is 17.7 Å². The van der Waals surface area contributed by atoms with E-state index in [1.54, 1.807) is 28.6 Å². The van der Waals surface area contributed by atoms with Gasteiger partial charge in [0, 0.05) is 9.75 Å². The number of thiophene rings is 1. The number of amides is 1. The molecule has 20 heavy (non-hydrogen) atoms. The van der Waals surface area contributed by atoms with Gasteiger partial charge >= 0.3 is 0 Å². The molecule has 3 rings (SSSR count). The third kappa shape index (κ3) is 2.72. The van der Waals surface area contributed by atoms with Crippen molar-refractivity contribution in [3.8, 4) is 0 Å². The Kier molecular flexibility index (Phi) is 3.78. The lowest BCUT2D eigenvalue weighted by molar-refractivity contribution is -0.122. The molecule has 1 aliphatic heterocycles. The van der Waals surface area contributed by atoms with Gasteiger partial charge in [0.2, 0.25) is 0 Å². The van der Waals surface area contributed by atoms with Crippen molar-refractivity contribution in [3.05, 3.63) is 50.9 Å². The molecule has 3 heterocycles. The lowest BCUT2D eigenvalue weighted by atomic mass is 10.3. The van der Waals surface area contributed by atoms with Crippen LogP contribution >= 0.6 is 35.3 Å². The Morgan fingerprint density at radius 3 is 2.90 bits per heavy atom. The maximum Gasteiger partial charge on any atom is 0.266 e. The molecule has 6 heteroatoms. The van der Waals surface area contributed by atoms with Crippen molar-refractivity contribution in [2.75, 3.05) is 0 Å². The molecule has 0 N–H and O–H groups in total. The van der Waals surface area contributed by atoms with Crippen LogP contribution in [0.5, 0.6) is 0 Å². The number of furan rings is 1. The zero-order chi connectivity index (χ0) is 14.1. The molecule has 1 amide bonds. The molecule has 102 valence electrons. The van der Waals surface area contributed by atoms with Gasteiger partial charge in [0.15, 0.2) is 0 Å². The molecule has 0 spiro atoms. The van der Waals surface area contributed by atoms with Crippen LogP contribution in [-0.4, -0.2) is 15.1 Å². The Morgan fingerprint density at radius 2 is 2.25 bits per heavy atom. The normalized spacial score (nSPS) is 17.4. The van der Waals surface area contributed by atoms with E-state index in [9.17, 15) is 4.79 Å². The Morgan fingerprint density at radius 1 is 1.40 bits per heavy atom. The molecule has 2 aromatic rings. The van der Waals surface area contributed by atoms with Crippen LogP contribution in [0.15, 0.2) is 39.9 Å². The van der Waals surface area contributed by atoms with Gasteiger partial charge in [-0.25, -0.2) is 0 Å². The molecule has 1 saturated heterocycles. The van der Waals surface area contributed by atoms with Crippen molar-refractivity contribution < 1.29 is 9.21 Å². The van der Waals surface area contributed by atoms with E-state index in [4.69, 9.17) is 16.6 Å². The predicted molar refractivity (Wildman–Crippen MR) is 86.5 cm³/mol. The molecule has 1 fully saturated rings. The molecule has 0 saturated carbocycles. The van der Waals surface area contributed by atoms with Crippen molar-refractivity contribution in [1.29, 1.82) is 0 Å². The fourth-order valence-electron chi connectivity index (χ4n) is 1.85. The molecule has 0 aliphatic carbocycles. The van der Waals surface area contributed by atoms with Crippen LogP contribution in [0.1, 0.15) is 15.5 Å². The first-order chi connectivity index (χ1) is 9.63. The quantitative estimate of drug-likeness (QED) is 0.631. The highest BCUT2D eigenvalue weighted by atomic mass is 32.2. The van der Waals surface area contributed by atoms with Crippen LogP contribution in [-0.2, 0) is 11.3 Å². The van der Waals surface area contributed by atoms with E-state index in [1.165, 1.54) is 16.6 Å². The van der Waals surface area contributed by atoms with Gasteiger partial charge in [-0.2, -0.15) is 0 Å². The number of carbonyl (C=O) groups is 1. The van der Waals surface area contributed by atoms with Crippen molar-refractivity contribution >= 4 is 51.6 Å². The van der Waals surface area contributed by atoms with Gasteiger partial charge in [-0.1, -0.05) is 24.0 Å². The summed E-state index contributed by atoms with van der Waals surface area (Å²) in [6.07, 6.45) is 3.50. The highest BCUT2D eigenvalue weighted by Crippen LogP contribution is 2.34. The van der Waals surface area contributed by atoms with Crippen LogP contribution in [0.2, 0.25) is 0 Å². The number of hydrogen-bond donors (Lipinski definition) is 0. The van der Waals surface area contributed by atoms with Gasteiger partial charge < -0.3 is 4.42 Å².